The summed E-state index contributed by atoms with van der Waals surface area (Å²) in [5, 5.41) is 0. The molecule has 0 saturated carbocycles. The van der Waals surface area contributed by atoms with Gasteiger partial charge in [0.05, 0.1) is 19.8 Å². The van der Waals surface area contributed by atoms with Crippen molar-refractivity contribution >= 4 is 5.91 Å². The van der Waals surface area contributed by atoms with E-state index in [1.165, 1.54) is 6.42 Å². The molecule has 4 heteroatoms. The van der Waals surface area contributed by atoms with E-state index in [0.29, 0.717) is 17.1 Å². The van der Waals surface area contributed by atoms with E-state index >= 15 is 0 Å². The quantitative estimate of drug-likeness (QED) is 0.841. The second-order valence-electron chi connectivity index (χ2n) is 4.91. The van der Waals surface area contributed by atoms with Crippen molar-refractivity contribution in [3.8, 4) is 11.5 Å². The first kappa shape index (κ1) is 13.7. The summed E-state index contributed by atoms with van der Waals surface area (Å²) in [4.78, 5) is 14.6. The number of piperidine rings is 1. The molecule has 19 heavy (non-hydrogen) atoms. The van der Waals surface area contributed by atoms with Crippen LogP contribution in [0.2, 0.25) is 0 Å². The molecule has 0 aromatic heterocycles. The molecule has 1 aromatic carbocycles. The van der Waals surface area contributed by atoms with E-state index in [-0.39, 0.29) is 11.9 Å². The smallest absolute Gasteiger partial charge is 0.257 e. The minimum absolute atomic E-state index is 0.0305. The summed E-state index contributed by atoms with van der Waals surface area (Å²) in [6.45, 7) is 2.92. The van der Waals surface area contributed by atoms with Crippen molar-refractivity contribution in [2.45, 2.75) is 32.2 Å². The predicted molar refractivity (Wildman–Crippen MR) is 73.9 cm³/mol. The first-order valence-electron chi connectivity index (χ1n) is 6.70. The molecule has 0 aliphatic carbocycles. The van der Waals surface area contributed by atoms with Crippen LogP contribution in [0.1, 0.15) is 36.5 Å². The molecule has 1 aromatic rings. The van der Waals surface area contributed by atoms with Crippen molar-refractivity contribution in [1.82, 2.24) is 4.90 Å². The van der Waals surface area contributed by atoms with Gasteiger partial charge in [-0.15, -0.1) is 0 Å². The Kier molecular flexibility index (Phi) is 4.30. The van der Waals surface area contributed by atoms with Gasteiger partial charge in [-0.1, -0.05) is 0 Å². The number of amides is 1. The number of hydrogen-bond donors (Lipinski definition) is 0. The summed E-state index contributed by atoms with van der Waals surface area (Å²) in [7, 11) is 3.18. The highest BCUT2D eigenvalue weighted by Crippen LogP contribution is 2.27. The molecule has 0 spiro atoms. The topological polar surface area (TPSA) is 38.8 Å². The van der Waals surface area contributed by atoms with E-state index in [0.717, 1.165) is 19.4 Å². The molecular weight excluding hydrogens is 242 g/mol. The monoisotopic (exact) mass is 263 g/mol. The van der Waals surface area contributed by atoms with Gasteiger partial charge in [0, 0.05) is 12.6 Å². The highest BCUT2D eigenvalue weighted by molar-refractivity contribution is 5.97. The number of methoxy groups -OCH3 is 2. The minimum atomic E-state index is 0.0305. The largest absolute Gasteiger partial charge is 0.497 e. The number of carbonyl (C=O) groups is 1. The first-order valence-corrected chi connectivity index (χ1v) is 6.70. The van der Waals surface area contributed by atoms with Crippen LogP contribution in [-0.4, -0.2) is 37.6 Å². The Morgan fingerprint density at radius 3 is 2.68 bits per heavy atom. The Balaban J connectivity index is 2.30. The molecule has 1 saturated heterocycles. The number of carbonyl (C=O) groups excluding carboxylic acids is 1. The van der Waals surface area contributed by atoms with E-state index < -0.39 is 0 Å². The summed E-state index contributed by atoms with van der Waals surface area (Å²) in [6, 6.07) is 5.62. The lowest BCUT2D eigenvalue weighted by molar-refractivity contribution is 0.0632. The van der Waals surface area contributed by atoms with Crippen LogP contribution in [0, 0.1) is 0 Å². The maximum atomic E-state index is 12.6. The van der Waals surface area contributed by atoms with E-state index in [1.807, 2.05) is 4.90 Å². The average molecular weight is 263 g/mol. The lowest BCUT2D eigenvalue weighted by Crippen LogP contribution is -2.42. The summed E-state index contributed by atoms with van der Waals surface area (Å²) in [6.07, 6.45) is 3.33. The zero-order valence-corrected chi connectivity index (χ0v) is 11.8. The molecule has 1 fully saturated rings. The van der Waals surface area contributed by atoms with E-state index in [2.05, 4.69) is 6.92 Å². The summed E-state index contributed by atoms with van der Waals surface area (Å²) in [5.41, 5.74) is 0.579. The lowest BCUT2D eigenvalue weighted by Gasteiger charge is -2.33. The second kappa shape index (κ2) is 5.95. The standard InChI is InChI=1S/C15H21NO3/c1-11-6-4-5-9-16(11)15(17)13-10-12(18-2)7-8-14(13)19-3/h7-8,10-11H,4-6,9H2,1-3H3. The Hall–Kier alpha value is -1.71. The van der Waals surface area contributed by atoms with Crippen LogP contribution in [0.15, 0.2) is 18.2 Å². The van der Waals surface area contributed by atoms with Crippen LogP contribution in [0.25, 0.3) is 0 Å². The molecule has 4 nitrogen and oxygen atoms in total. The molecule has 0 N–H and O–H groups in total. The zero-order chi connectivity index (χ0) is 13.8. The summed E-state index contributed by atoms with van der Waals surface area (Å²) in [5.74, 6) is 1.31. The highest BCUT2D eigenvalue weighted by Gasteiger charge is 2.26. The van der Waals surface area contributed by atoms with Gasteiger partial charge in [-0.2, -0.15) is 0 Å². The van der Waals surface area contributed by atoms with Gasteiger partial charge in [-0.05, 0) is 44.4 Å². The number of benzene rings is 1. The fourth-order valence-corrected chi connectivity index (χ4v) is 2.54. The van der Waals surface area contributed by atoms with Crippen LogP contribution < -0.4 is 9.47 Å². The van der Waals surface area contributed by atoms with E-state index in [4.69, 9.17) is 9.47 Å². The third-order valence-electron chi connectivity index (χ3n) is 3.70. The average Bonchev–Trinajstić information content (AvgIpc) is 2.46. The van der Waals surface area contributed by atoms with Gasteiger partial charge in [-0.25, -0.2) is 0 Å². The maximum absolute atomic E-state index is 12.6. The molecule has 1 heterocycles. The Bertz CT molecular complexity index is 459. The van der Waals surface area contributed by atoms with Crippen molar-refractivity contribution in [3.05, 3.63) is 23.8 Å². The molecule has 104 valence electrons. The molecule has 0 radical (unpaired) electrons. The van der Waals surface area contributed by atoms with E-state index in [1.54, 1.807) is 32.4 Å². The number of ether oxygens (including phenoxy) is 2. The lowest BCUT2D eigenvalue weighted by atomic mass is 10.0. The number of nitrogens with zero attached hydrogens (tertiary/aromatic N) is 1. The van der Waals surface area contributed by atoms with Gasteiger partial charge in [0.1, 0.15) is 11.5 Å². The van der Waals surface area contributed by atoms with Crippen molar-refractivity contribution < 1.29 is 14.3 Å². The van der Waals surface area contributed by atoms with Crippen LogP contribution in [-0.2, 0) is 0 Å². The fraction of sp³-hybridized carbons (Fsp3) is 0.533. The highest BCUT2D eigenvalue weighted by atomic mass is 16.5. The summed E-state index contributed by atoms with van der Waals surface area (Å²) >= 11 is 0. The maximum Gasteiger partial charge on any atom is 0.257 e. The number of rotatable bonds is 3. The predicted octanol–water partition coefficient (Wildman–Crippen LogP) is 2.72. The molecule has 1 aliphatic rings. The van der Waals surface area contributed by atoms with Crippen molar-refractivity contribution in [2.75, 3.05) is 20.8 Å². The molecule has 1 atom stereocenters. The van der Waals surface area contributed by atoms with Crippen LogP contribution in [0.5, 0.6) is 11.5 Å². The second-order valence-corrected chi connectivity index (χ2v) is 4.91. The van der Waals surface area contributed by atoms with Crippen LogP contribution in [0.3, 0.4) is 0 Å². The Morgan fingerprint density at radius 1 is 1.26 bits per heavy atom. The summed E-state index contributed by atoms with van der Waals surface area (Å²) < 4.78 is 10.5. The third-order valence-corrected chi connectivity index (χ3v) is 3.70. The minimum Gasteiger partial charge on any atom is -0.497 e. The van der Waals surface area contributed by atoms with Gasteiger partial charge < -0.3 is 14.4 Å². The zero-order valence-electron chi connectivity index (χ0n) is 11.8. The molecule has 1 unspecified atom stereocenters. The van der Waals surface area contributed by atoms with Crippen LogP contribution in [0.4, 0.5) is 0 Å². The van der Waals surface area contributed by atoms with Gasteiger partial charge in [0.2, 0.25) is 0 Å². The molecule has 2 rings (SSSR count). The fourth-order valence-electron chi connectivity index (χ4n) is 2.54. The van der Waals surface area contributed by atoms with Crippen molar-refractivity contribution in [3.63, 3.8) is 0 Å². The van der Waals surface area contributed by atoms with Gasteiger partial charge in [0.15, 0.2) is 0 Å². The normalized spacial score (nSPS) is 19.1. The molecular formula is C15H21NO3. The molecule has 0 bridgehead atoms. The number of likely N-dealkylation sites (tertiary alicyclic amines) is 1. The van der Waals surface area contributed by atoms with Gasteiger partial charge >= 0.3 is 0 Å². The molecule has 1 amide bonds. The van der Waals surface area contributed by atoms with Crippen molar-refractivity contribution in [1.29, 1.82) is 0 Å². The Labute approximate surface area is 114 Å². The molecule has 1 aliphatic heterocycles. The van der Waals surface area contributed by atoms with Crippen LogP contribution >= 0.6 is 0 Å². The number of hydrogen-bond acceptors (Lipinski definition) is 3. The first-order chi connectivity index (χ1) is 9.17. The third kappa shape index (κ3) is 2.83. The van der Waals surface area contributed by atoms with E-state index in [9.17, 15) is 4.79 Å². The van der Waals surface area contributed by atoms with Crippen molar-refractivity contribution in [2.24, 2.45) is 0 Å². The van der Waals surface area contributed by atoms with Gasteiger partial charge in [-0.3, -0.25) is 4.79 Å². The SMILES string of the molecule is COc1ccc(OC)c(C(=O)N2CCCCC2C)c1. The van der Waals surface area contributed by atoms with Gasteiger partial charge in [0.25, 0.3) is 5.91 Å². The Morgan fingerprint density at radius 2 is 2.05 bits per heavy atom.